The molecular weight excluding hydrogens is 209 g/mol. The fourth-order valence-electron chi connectivity index (χ4n) is 0.750. The van der Waals surface area contributed by atoms with Crippen molar-refractivity contribution in [1.82, 2.24) is 0 Å². The van der Waals surface area contributed by atoms with Crippen LogP contribution in [0, 0.1) is 0 Å². The van der Waals surface area contributed by atoms with Crippen molar-refractivity contribution in [2.24, 2.45) is 10.7 Å². The number of carbonyl (C=O) groups excluding carboxylic acids is 1. The quantitative estimate of drug-likeness (QED) is 0.637. The standard InChI is InChI=1S/C5H5F3N2O2S/c6-5(7,8)2(11)1-3(12)10-4(9)13-1/h1-2,11H,(H2,9,10,12)/t1-,2+/m0/s1. The molecule has 0 saturated heterocycles. The van der Waals surface area contributed by atoms with Gasteiger partial charge in [0, 0.05) is 0 Å². The summed E-state index contributed by atoms with van der Waals surface area (Å²) in [7, 11) is 0. The summed E-state index contributed by atoms with van der Waals surface area (Å²) in [5.74, 6) is -1.05. The first-order valence-electron chi connectivity index (χ1n) is 3.12. The van der Waals surface area contributed by atoms with Gasteiger partial charge < -0.3 is 10.8 Å². The van der Waals surface area contributed by atoms with Crippen LogP contribution in [-0.2, 0) is 4.79 Å². The Morgan fingerprint density at radius 1 is 1.62 bits per heavy atom. The van der Waals surface area contributed by atoms with Crippen molar-refractivity contribution in [1.29, 1.82) is 0 Å². The molecule has 1 heterocycles. The van der Waals surface area contributed by atoms with Crippen LogP contribution in [0.4, 0.5) is 13.2 Å². The molecule has 1 aliphatic rings. The molecule has 0 aromatic heterocycles. The van der Waals surface area contributed by atoms with E-state index in [-0.39, 0.29) is 5.17 Å². The number of rotatable bonds is 1. The third-order valence-electron chi connectivity index (χ3n) is 1.33. The number of carbonyl (C=O) groups is 1. The lowest BCUT2D eigenvalue weighted by atomic mass is 10.2. The number of aliphatic imine (C=N–C) groups is 1. The van der Waals surface area contributed by atoms with Gasteiger partial charge in [0.1, 0.15) is 5.25 Å². The smallest absolute Gasteiger partial charge is 0.382 e. The van der Waals surface area contributed by atoms with Crippen LogP contribution in [-0.4, -0.2) is 33.7 Å². The van der Waals surface area contributed by atoms with Crippen molar-refractivity contribution in [2.45, 2.75) is 17.5 Å². The number of amides is 1. The van der Waals surface area contributed by atoms with E-state index in [1.54, 1.807) is 0 Å². The van der Waals surface area contributed by atoms with E-state index in [9.17, 15) is 18.0 Å². The highest BCUT2D eigenvalue weighted by Gasteiger charge is 2.49. The van der Waals surface area contributed by atoms with Gasteiger partial charge in [0.2, 0.25) is 0 Å². The Labute approximate surface area is 75.0 Å². The Balaban J connectivity index is 2.72. The van der Waals surface area contributed by atoms with Crippen molar-refractivity contribution in [2.75, 3.05) is 0 Å². The summed E-state index contributed by atoms with van der Waals surface area (Å²) in [6.45, 7) is 0. The predicted octanol–water partition coefficient (Wildman–Crippen LogP) is -0.134. The molecule has 3 N–H and O–H groups in total. The van der Waals surface area contributed by atoms with Crippen LogP contribution in [0.1, 0.15) is 0 Å². The number of halogens is 3. The fraction of sp³-hybridized carbons (Fsp3) is 0.600. The second-order valence-corrected chi connectivity index (χ2v) is 3.48. The van der Waals surface area contributed by atoms with Gasteiger partial charge in [-0.3, -0.25) is 4.79 Å². The number of hydrogen-bond acceptors (Lipinski definition) is 4. The Hall–Kier alpha value is -0.760. The van der Waals surface area contributed by atoms with Crippen molar-refractivity contribution in [3.8, 4) is 0 Å². The minimum absolute atomic E-state index is 0.252. The molecule has 0 aliphatic carbocycles. The minimum atomic E-state index is -4.83. The number of amidine groups is 1. The molecule has 4 nitrogen and oxygen atoms in total. The van der Waals surface area contributed by atoms with Gasteiger partial charge in [0.05, 0.1) is 0 Å². The van der Waals surface area contributed by atoms with E-state index in [0.29, 0.717) is 11.8 Å². The summed E-state index contributed by atoms with van der Waals surface area (Å²) < 4.78 is 35.7. The molecule has 0 unspecified atom stereocenters. The van der Waals surface area contributed by atoms with E-state index >= 15 is 0 Å². The van der Waals surface area contributed by atoms with Crippen LogP contribution >= 0.6 is 11.8 Å². The Morgan fingerprint density at radius 2 is 2.15 bits per heavy atom. The van der Waals surface area contributed by atoms with Gasteiger partial charge in [-0.15, -0.1) is 0 Å². The van der Waals surface area contributed by atoms with E-state index < -0.39 is 23.4 Å². The fourth-order valence-corrected chi connectivity index (χ4v) is 1.59. The highest BCUT2D eigenvalue weighted by Crippen LogP contribution is 2.32. The van der Waals surface area contributed by atoms with Crippen LogP contribution in [0.5, 0.6) is 0 Å². The molecule has 0 fully saturated rings. The van der Waals surface area contributed by atoms with E-state index in [1.807, 2.05) is 0 Å². The molecule has 2 atom stereocenters. The van der Waals surface area contributed by atoms with Crippen LogP contribution < -0.4 is 5.73 Å². The number of hydrogen-bond donors (Lipinski definition) is 2. The molecule has 74 valence electrons. The normalized spacial score (nSPS) is 26.0. The molecule has 0 aromatic carbocycles. The maximum absolute atomic E-state index is 11.9. The molecule has 0 bridgehead atoms. The summed E-state index contributed by atoms with van der Waals surface area (Å²) >= 11 is 0.417. The topological polar surface area (TPSA) is 75.7 Å². The maximum Gasteiger partial charge on any atom is 0.415 e. The van der Waals surface area contributed by atoms with Crippen molar-refractivity contribution >= 4 is 22.8 Å². The lowest BCUT2D eigenvalue weighted by Gasteiger charge is -2.17. The molecule has 8 heteroatoms. The zero-order chi connectivity index (χ0) is 10.2. The zero-order valence-corrected chi connectivity index (χ0v) is 6.89. The van der Waals surface area contributed by atoms with Crippen molar-refractivity contribution in [3.05, 3.63) is 0 Å². The molecule has 1 amide bonds. The van der Waals surface area contributed by atoms with Crippen LogP contribution in [0.3, 0.4) is 0 Å². The Morgan fingerprint density at radius 3 is 2.46 bits per heavy atom. The van der Waals surface area contributed by atoms with Crippen LogP contribution in [0.2, 0.25) is 0 Å². The van der Waals surface area contributed by atoms with E-state index in [2.05, 4.69) is 4.99 Å². The monoisotopic (exact) mass is 214 g/mol. The molecule has 0 aromatic rings. The molecule has 0 saturated carbocycles. The third kappa shape index (κ3) is 2.13. The second-order valence-electron chi connectivity index (χ2n) is 2.31. The highest BCUT2D eigenvalue weighted by molar-refractivity contribution is 8.15. The van der Waals surface area contributed by atoms with E-state index in [0.717, 1.165) is 0 Å². The van der Waals surface area contributed by atoms with Gasteiger partial charge in [0.25, 0.3) is 5.91 Å². The molecule has 0 spiro atoms. The zero-order valence-electron chi connectivity index (χ0n) is 6.08. The molecule has 0 radical (unpaired) electrons. The molecule has 1 rings (SSSR count). The Bertz CT molecular complexity index is 265. The van der Waals surface area contributed by atoms with Gasteiger partial charge in [-0.2, -0.15) is 18.2 Å². The van der Waals surface area contributed by atoms with Crippen molar-refractivity contribution < 1.29 is 23.1 Å². The van der Waals surface area contributed by atoms with Crippen molar-refractivity contribution in [3.63, 3.8) is 0 Å². The van der Waals surface area contributed by atoms with Gasteiger partial charge >= 0.3 is 6.18 Å². The average Bonchev–Trinajstić information content (AvgIpc) is 2.26. The summed E-state index contributed by atoms with van der Waals surface area (Å²) in [6.07, 6.45) is -7.54. The lowest BCUT2D eigenvalue weighted by molar-refractivity contribution is -0.203. The lowest BCUT2D eigenvalue weighted by Crippen LogP contribution is -2.40. The molecular formula is C5H5F3N2O2S. The number of nitrogens with zero attached hydrogens (tertiary/aromatic N) is 1. The first-order valence-corrected chi connectivity index (χ1v) is 4.00. The maximum atomic E-state index is 11.9. The SMILES string of the molecule is NC1=NC(=O)[C@H]([C@@H](O)C(F)(F)F)S1. The Kier molecular flexibility index (Phi) is 2.53. The molecule has 1 aliphatic heterocycles. The van der Waals surface area contributed by atoms with Gasteiger partial charge in [-0.25, -0.2) is 0 Å². The van der Waals surface area contributed by atoms with Crippen LogP contribution in [0.25, 0.3) is 0 Å². The van der Waals surface area contributed by atoms with E-state index in [1.165, 1.54) is 0 Å². The first kappa shape index (κ1) is 10.3. The number of thioether (sulfide) groups is 1. The summed E-state index contributed by atoms with van der Waals surface area (Å²) in [5.41, 5.74) is 5.01. The summed E-state index contributed by atoms with van der Waals surface area (Å²) in [4.78, 5) is 13.8. The van der Waals surface area contributed by atoms with Crippen LogP contribution in [0.15, 0.2) is 4.99 Å². The highest BCUT2D eigenvalue weighted by atomic mass is 32.2. The number of nitrogens with two attached hydrogens (primary N) is 1. The average molecular weight is 214 g/mol. The largest absolute Gasteiger partial charge is 0.415 e. The third-order valence-corrected chi connectivity index (χ3v) is 2.38. The van der Waals surface area contributed by atoms with E-state index in [4.69, 9.17) is 10.8 Å². The van der Waals surface area contributed by atoms with Gasteiger partial charge in [-0.1, -0.05) is 11.8 Å². The summed E-state index contributed by atoms with van der Waals surface area (Å²) in [6, 6.07) is 0. The van der Waals surface area contributed by atoms with Gasteiger partial charge in [0.15, 0.2) is 11.3 Å². The second kappa shape index (κ2) is 3.18. The van der Waals surface area contributed by atoms with Gasteiger partial charge in [-0.05, 0) is 0 Å². The molecule has 13 heavy (non-hydrogen) atoms. The number of alkyl halides is 3. The minimum Gasteiger partial charge on any atom is -0.382 e. The first-order chi connectivity index (χ1) is 5.82. The number of aliphatic hydroxyl groups excluding tert-OH is 1. The summed E-state index contributed by atoms with van der Waals surface area (Å²) in [5, 5.41) is 6.77. The predicted molar refractivity (Wildman–Crippen MR) is 40.1 cm³/mol. The number of aliphatic hydroxyl groups is 1.